The van der Waals surface area contributed by atoms with Gasteiger partial charge in [0.1, 0.15) is 0 Å². The third-order valence-electron chi connectivity index (χ3n) is 6.24. The first-order chi connectivity index (χ1) is 15.9. The van der Waals surface area contributed by atoms with E-state index in [9.17, 15) is 4.79 Å². The second-order valence-electron chi connectivity index (χ2n) is 8.33. The molecule has 4 aromatic rings. The van der Waals surface area contributed by atoms with Crippen molar-refractivity contribution in [3.8, 4) is 11.3 Å². The van der Waals surface area contributed by atoms with Crippen molar-refractivity contribution in [2.45, 2.75) is 39.7 Å². The molecule has 0 radical (unpaired) electrons. The number of halogens is 1. The van der Waals surface area contributed by atoms with E-state index in [-0.39, 0.29) is 11.9 Å². The van der Waals surface area contributed by atoms with Crippen LogP contribution in [0.2, 0.25) is 5.02 Å². The number of hydrogen-bond acceptors (Lipinski definition) is 6. The predicted molar refractivity (Wildman–Crippen MR) is 127 cm³/mol. The second kappa shape index (κ2) is 8.47. The minimum Gasteiger partial charge on any atom is -0.343 e. The SMILES string of the molecule is CC(=O)N1CCC(n2nc(C)c(Nc3ncc(Cl)c(-c4cnn5ccccc45)n3)c2C)CC1. The average Bonchev–Trinajstić information content (AvgIpc) is 3.37. The zero-order valence-electron chi connectivity index (χ0n) is 18.8. The molecule has 10 heteroatoms. The van der Waals surface area contributed by atoms with E-state index >= 15 is 0 Å². The molecule has 1 N–H and O–H groups in total. The number of likely N-dealkylation sites (tertiary alicyclic amines) is 1. The molecule has 5 heterocycles. The van der Waals surface area contributed by atoms with Crippen LogP contribution >= 0.6 is 11.6 Å². The second-order valence-corrected chi connectivity index (χ2v) is 8.74. The van der Waals surface area contributed by atoms with Gasteiger partial charge in [-0.2, -0.15) is 10.2 Å². The maximum Gasteiger partial charge on any atom is 0.227 e. The average molecular weight is 465 g/mol. The molecular weight excluding hydrogens is 440 g/mol. The van der Waals surface area contributed by atoms with Gasteiger partial charge in [0, 0.05) is 31.8 Å². The molecule has 0 atom stereocenters. The molecule has 4 aromatic heterocycles. The molecule has 0 aromatic carbocycles. The molecule has 1 amide bonds. The monoisotopic (exact) mass is 464 g/mol. The highest BCUT2D eigenvalue weighted by atomic mass is 35.5. The summed E-state index contributed by atoms with van der Waals surface area (Å²) >= 11 is 6.46. The number of fused-ring (bicyclic) bond motifs is 1. The lowest BCUT2D eigenvalue weighted by molar-refractivity contribution is -0.130. The summed E-state index contributed by atoms with van der Waals surface area (Å²) in [6.07, 6.45) is 7.02. The van der Waals surface area contributed by atoms with Crippen LogP contribution in [0, 0.1) is 13.8 Å². The summed E-state index contributed by atoms with van der Waals surface area (Å²) in [6, 6.07) is 6.11. The summed E-state index contributed by atoms with van der Waals surface area (Å²) in [6.45, 7) is 7.15. The molecule has 9 nitrogen and oxygen atoms in total. The summed E-state index contributed by atoms with van der Waals surface area (Å²) in [5.41, 5.74) is 5.16. The van der Waals surface area contributed by atoms with E-state index in [1.165, 1.54) is 0 Å². The number of rotatable bonds is 4. The third-order valence-corrected chi connectivity index (χ3v) is 6.52. The molecule has 0 aliphatic carbocycles. The molecule has 1 saturated heterocycles. The topological polar surface area (TPSA) is 93.2 Å². The number of anilines is 2. The van der Waals surface area contributed by atoms with E-state index in [0.29, 0.717) is 16.7 Å². The first-order valence-electron chi connectivity index (χ1n) is 11.0. The highest BCUT2D eigenvalue weighted by Crippen LogP contribution is 2.32. The Bertz CT molecular complexity index is 1340. The Labute approximate surface area is 196 Å². The Kier molecular flexibility index (Phi) is 5.49. The van der Waals surface area contributed by atoms with Gasteiger partial charge in [0.25, 0.3) is 0 Å². The fraction of sp³-hybridized carbons (Fsp3) is 0.348. The van der Waals surface area contributed by atoms with Gasteiger partial charge in [0.15, 0.2) is 0 Å². The minimum atomic E-state index is 0.131. The Hall–Kier alpha value is -3.46. The molecule has 170 valence electrons. The van der Waals surface area contributed by atoms with Gasteiger partial charge in [-0.3, -0.25) is 9.48 Å². The van der Waals surface area contributed by atoms with Crippen molar-refractivity contribution >= 4 is 34.7 Å². The van der Waals surface area contributed by atoms with Crippen LogP contribution < -0.4 is 5.32 Å². The van der Waals surface area contributed by atoms with Crippen molar-refractivity contribution in [1.29, 1.82) is 0 Å². The number of nitrogens with zero attached hydrogens (tertiary/aromatic N) is 7. The fourth-order valence-corrected chi connectivity index (χ4v) is 4.66. The smallest absolute Gasteiger partial charge is 0.227 e. The van der Waals surface area contributed by atoms with Gasteiger partial charge in [-0.05, 0) is 38.8 Å². The number of aryl methyl sites for hydroxylation is 1. The molecule has 0 saturated carbocycles. The van der Waals surface area contributed by atoms with E-state index in [0.717, 1.165) is 54.1 Å². The standard InChI is InChI=1S/C23H25ClN8O/c1-14-21(15(2)32(29-14)17-7-10-30(11-8-17)16(3)33)27-23-25-13-19(24)22(28-23)18-12-26-31-9-5-4-6-20(18)31/h4-6,9,12-13,17H,7-8,10-11H2,1-3H3,(H,25,27,28). The summed E-state index contributed by atoms with van der Waals surface area (Å²) in [5, 5.41) is 13.0. The van der Waals surface area contributed by atoms with Gasteiger partial charge in [-0.1, -0.05) is 17.7 Å². The quantitative estimate of drug-likeness (QED) is 0.487. The van der Waals surface area contributed by atoms with Crippen LogP contribution in [0.3, 0.4) is 0 Å². The van der Waals surface area contributed by atoms with Gasteiger partial charge >= 0.3 is 0 Å². The summed E-state index contributed by atoms with van der Waals surface area (Å²) in [4.78, 5) is 22.6. The minimum absolute atomic E-state index is 0.131. The van der Waals surface area contributed by atoms with Gasteiger partial charge in [-0.15, -0.1) is 0 Å². The lowest BCUT2D eigenvalue weighted by Crippen LogP contribution is -2.38. The number of aromatic nitrogens is 6. The van der Waals surface area contributed by atoms with E-state index in [1.54, 1.807) is 23.8 Å². The number of nitrogens with one attached hydrogen (secondary N) is 1. The maximum absolute atomic E-state index is 11.6. The molecule has 5 rings (SSSR count). The van der Waals surface area contributed by atoms with Gasteiger partial charge in [0.05, 0.1) is 51.7 Å². The zero-order chi connectivity index (χ0) is 23.1. The lowest BCUT2D eigenvalue weighted by Gasteiger charge is -2.32. The number of carbonyl (C=O) groups is 1. The Morgan fingerprint density at radius 3 is 2.73 bits per heavy atom. The van der Waals surface area contributed by atoms with E-state index in [4.69, 9.17) is 21.7 Å². The van der Waals surface area contributed by atoms with E-state index in [2.05, 4.69) is 20.1 Å². The fourth-order valence-electron chi connectivity index (χ4n) is 4.47. The van der Waals surface area contributed by atoms with Crippen molar-refractivity contribution in [3.05, 3.63) is 53.2 Å². The van der Waals surface area contributed by atoms with Crippen LogP contribution in [0.5, 0.6) is 0 Å². The predicted octanol–water partition coefficient (Wildman–Crippen LogP) is 4.19. The van der Waals surface area contributed by atoms with Crippen molar-refractivity contribution in [1.82, 2.24) is 34.3 Å². The van der Waals surface area contributed by atoms with Gasteiger partial charge in [-0.25, -0.2) is 14.5 Å². The van der Waals surface area contributed by atoms with Crippen LogP contribution in [0.15, 0.2) is 36.8 Å². The Morgan fingerprint density at radius 2 is 1.97 bits per heavy atom. The molecule has 1 fully saturated rings. The highest BCUT2D eigenvalue weighted by molar-refractivity contribution is 6.33. The number of pyridine rings is 1. The van der Waals surface area contributed by atoms with Crippen LogP contribution in [0.1, 0.15) is 37.2 Å². The van der Waals surface area contributed by atoms with Crippen molar-refractivity contribution in [2.24, 2.45) is 0 Å². The highest BCUT2D eigenvalue weighted by Gasteiger charge is 2.25. The third kappa shape index (κ3) is 3.93. The van der Waals surface area contributed by atoms with E-state index < -0.39 is 0 Å². The van der Waals surface area contributed by atoms with E-state index in [1.807, 2.05) is 43.1 Å². The summed E-state index contributed by atoms with van der Waals surface area (Å²) in [5.74, 6) is 0.577. The van der Waals surface area contributed by atoms with Crippen LogP contribution in [-0.2, 0) is 4.79 Å². The van der Waals surface area contributed by atoms with Gasteiger partial charge in [0.2, 0.25) is 11.9 Å². The van der Waals surface area contributed by atoms with Gasteiger partial charge < -0.3 is 10.2 Å². The molecule has 33 heavy (non-hydrogen) atoms. The largest absolute Gasteiger partial charge is 0.343 e. The number of amides is 1. The molecule has 0 bridgehead atoms. The molecule has 1 aliphatic rings. The first-order valence-corrected chi connectivity index (χ1v) is 11.3. The Morgan fingerprint density at radius 1 is 1.18 bits per heavy atom. The van der Waals surface area contributed by atoms with Crippen molar-refractivity contribution in [2.75, 3.05) is 18.4 Å². The maximum atomic E-state index is 11.6. The number of carbonyl (C=O) groups excluding carboxylic acids is 1. The van der Waals surface area contributed by atoms with Crippen LogP contribution in [0.4, 0.5) is 11.6 Å². The molecule has 0 unspecified atom stereocenters. The normalized spacial score (nSPS) is 14.7. The zero-order valence-corrected chi connectivity index (χ0v) is 19.5. The van der Waals surface area contributed by atoms with Crippen molar-refractivity contribution < 1.29 is 4.79 Å². The molecule has 0 spiro atoms. The van der Waals surface area contributed by atoms with Crippen LogP contribution in [-0.4, -0.2) is 53.3 Å². The summed E-state index contributed by atoms with van der Waals surface area (Å²) < 4.78 is 3.86. The summed E-state index contributed by atoms with van der Waals surface area (Å²) in [7, 11) is 0. The first kappa shape index (κ1) is 21.4. The van der Waals surface area contributed by atoms with Crippen molar-refractivity contribution in [3.63, 3.8) is 0 Å². The Balaban J connectivity index is 1.42. The number of hydrogen-bond donors (Lipinski definition) is 1. The molecule has 1 aliphatic heterocycles. The molecular formula is C23H25ClN8O. The number of piperidine rings is 1. The van der Waals surface area contributed by atoms with Crippen LogP contribution in [0.25, 0.3) is 16.8 Å². The lowest BCUT2D eigenvalue weighted by atomic mass is 10.0.